The lowest BCUT2D eigenvalue weighted by Gasteiger charge is -2.28. The molecular formula is C15H26N4O5S. The summed E-state index contributed by atoms with van der Waals surface area (Å²) >= 11 is 0. The van der Waals surface area contributed by atoms with Crippen molar-refractivity contribution in [2.75, 3.05) is 5.75 Å². The zero-order chi connectivity index (χ0) is 19.3. The lowest BCUT2D eigenvalue weighted by molar-refractivity contribution is -0.129. The van der Waals surface area contributed by atoms with Crippen molar-refractivity contribution in [3.63, 3.8) is 0 Å². The van der Waals surface area contributed by atoms with Crippen molar-refractivity contribution in [1.82, 2.24) is 5.43 Å². The van der Waals surface area contributed by atoms with E-state index in [4.69, 9.17) is 11.5 Å². The first-order valence-electron chi connectivity index (χ1n) is 8.29. The maximum absolute atomic E-state index is 12.7. The van der Waals surface area contributed by atoms with Crippen LogP contribution in [0.2, 0.25) is 0 Å². The molecule has 0 spiro atoms. The van der Waals surface area contributed by atoms with Gasteiger partial charge in [0.2, 0.25) is 17.6 Å². The molecule has 1 aliphatic rings. The molecule has 0 aromatic carbocycles. The van der Waals surface area contributed by atoms with Crippen LogP contribution in [0.15, 0.2) is 5.10 Å². The summed E-state index contributed by atoms with van der Waals surface area (Å²) in [5.74, 6) is -3.44. The molecule has 1 atom stereocenters. The van der Waals surface area contributed by atoms with E-state index in [1.165, 1.54) is 0 Å². The number of primary amides is 1. The van der Waals surface area contributed by atoms with Crippen LogP contribution in [0.25, 0.3) is 0 Å². The number of carbonyl (C=O) groups excluding carboxylic acids is 3. The first kappa shape index (κ1) is 21.2. The molecule has 0 aromatic rings. The summed E-state index contributed by atoms with van der Waals surface area (Å²) in [7, 11) is -3.83. The van der Waals surface area contributed by atoms with Gasteiger partial charge in [-0.15, -0.1) is 0 Å². The number of ketones is 1. The number of amides is 2. The van der Waals surface area contributed by atoms with Crippen molar-refractivity contribution < 1.29 is 22.8 Å². The smallest absolute Gasteiger partial charge is 0.246 e. The number of Topliss-reactive ketones (excluding diaryl/α,β-unsaturated/α-hetero) is 1. The van der Waals surface area contributed by atoms with E-state index in [-0.39, 0.29) is 24.5 Å². The molecule has 0 unspecified atom stereocenters. The first-order chi connectivity index (χ1) is 11.6. The predicted octanol–water partition coefficient (Wildman–Crippen LogP) is -0.612. The summed E-state index contributed by atoms with van der Waals surface area (Å²) in [5, 5.41) is 2.90. The highest BCUT2D eigenvalue weighted by atomic mass is 32.2. The first-order valence-corrected chi connectivity index (χ1v) is 10.0. The molecule has 142 valence electrons. The molecule has 0 bridgehead atoms. The Balaban J connectivity index is 3.14. The van der Waals surface area contributed by atoms with Gasteiger partial charge in [-0.2, -0.15) is 5.10 Å². The third-order valence-corrected chi connectivity index (χ3v) is 6.51. The molecule has 1 aliphatic heterocycles. The fourth-order valence-corrected chi connectivity index (χ4v) is 5.06. The second-order valence-corrected chi connectivity index (χ2v) is 8.55. The Morgan fingerprint density at radius 1 is 1.24 bits per heavy atom. The van der Waals surface area contributed by atoms with Gasteiger partial charge < -0.3 is 11.5 Å². The molecule has 5 N–H and O–H groups in total. The van der Waals surface area contributed by atoms with Gasteiger partial charge in [0.05, 0.1) is 11.0 Å². The standard InChI is InChI=1S/C15H26N4O5S/c1-3-5-10(6-4-2)25(23,24)9-15(17,14(16)22)13(21)11-7-8-12(20)19-18-11/h10H,3-9,17H2,1-2H3,(H2,16,22)(H,19,20)/t15-/m1/s1. The summed E-state index contributed by atoms with van der Waals surface area (Å²) < 4.78 is 25.4. The minimum absolute atomic E-state index is 0.000456. The van der Waals surface area contributed by atoms with Gasteiger partial charge in [0.25, 0.3) is 0 Å². The number of rotatable bonds is 10. The number of nitrogens with zero attached hydrogens (tertiary/aromatic N) is 1. The molecule has 2 amide bonds. The molecule has 0 fully saturated rings. The Bertz CT molecular complexity index is 667. The van der Waals surface area contributed by atoms with Crippen LogP contribution in [-0.4, -0.2) is 48.3 Å². The van der Waals surface area contributed by atoms with Gasteiger partial charge in [-0.05, 0) is 12.8 Å². The molecule has 1 rings (SSSR count). The van der Waals surface area contributed by atoms with E-state index in [9.17, 15) is 22.8 Å². The number of hydrogen-bond donors (Lipinski definition) is 3. The van der Waals surface area contributed by atoms with Crippen LogP contribution in [-0.2, 0) is 24.2 Å². The zero-order valence-electron chi connectivity index (χ0n) is 14.6. The summed E-state index contributed by atoms with van der Waals surface area (Å²) in [6.45, 7) is 3.71. The van der Waals surface area contributed by atoms with E-state index in [0.29, 0.717) is 25.7 Å². The van der Waals surface area contributed by atoms with Crippen LogP contribution in [0.1, 0.15) is 52.4 Å². The predicted molar refractivity (Wildman–Crippen MR) is 93.3 cm³/mol. The molecule has 9 nitrogen and oxygen atoms in total. The van der Waals surface area contributed by atoms with Gasteiger partial charge >= 0.3 is 0 Å². The summed E-state index contributed by atoms with van der Waals surface area (Å²) in [5.41, 5.74) is 10.7. The maximum atomic E-state index is 12.7. The highest BCUT2D eigenvalue weighted by molar-refractivity contribution is 7.92. The minimum Gasteiger partial charge on any atom is -0.368 e. The molecule has 0 aromatic heterocycles. The van der Waals surface area contributed by atoms with Crippen LogP contribution < -0.4 is 16.9 Å². The largest absolute Gasteiger partial charge is 0.368 e. The monoisotopic (exact) mass is 374 g/mol. The number of sulfone groups is 1. The minimum atomic E-state index is -3.83. The van der Waals surface area contributed by atoms with Crippen LogP contribution in [0.4, 0.5) is 0 Å². The Kier molecular flexibility index (Phi) is 7.24. The molecule has 0 saturated heterocycles. The SMILES string of the molecule is CCCC(CCC)S(=O)(=O)C[C@](N)(C(N)=O)C(=O)C1=NNC(=O)CC1. The summed E-state index contributed by atoms with van der Waals surface area (Å²) in [6.07, 6.45) is 2.09. The quantitative estimate of drug-likeness (QED) is 0.432. The Morgan fingerprint density at radius 2 is 1.80 bits per heavy atom. The van der Waals surface area contributed by atoms with Gasteiger partial charge in [-0.1, -0.05) is 26.7 Å². The van der Waals surface area contributed by atoms with E-state index in [1.807, 2.05) is 13.8 Å². The number of hydrogen-bond acceptors (Lipinski definition) is 7. The van der Waals surface area contributed by atoms with Crippen LogP contribution >= 0.6 is 0 Å². The summed E-state index contributed by atoms with van der Waals surface area (Å²) in [6, 6.07) is 0. The fraction of sp³-hybridized carbons (Fsp3) is 0.733. The summed E-state index contributed by atoms with van der Waals surface area (Å²) in [4.78, 5) is 35.6. The van der Waals surface area contributed by atoms with Crippen LogP contribution in [0.3, 0.4) is 0 Å². The second kappa shape index (κ2) is 8.52. The molecule has 0 radical (unpaired) electrons. The Morgan fingerprint density at radius 3 is 2.20 bits per heavy atom. The normalized spacial score (nSPS) is 17.6. The molecule has 1 heterocycles. The van der Waals surface area contributed by atoms with Crippen molar-refractivity contribution in [2.24, 2.45) is 16.6 Å². The number of carbonyl (C=O) groups is 3. The van der Waals surface area contributed by atoms with Crippen molar-refractivity contribution >= 4 is 33.1 Å². The van der Waals surface area contributed by atoms with Crippen molar-refractivity contribution in [2.45, 2.75) is 63.2 Å². The van der Waals surface area contributed by atoms with Gasteiger partial charge in [-0.25, -0.2) is 13.8 Å². The average Bonchev–Trinajstić information content (AvgIpc) is 2.54. The molecular weight excluding hydrogens is 348 g/mol. The highest BCUT2D eigenvalue weighted by Crippen LogP contribution is 2.21. The van der Waals surface area contributed by atoms with Crippen molar-refractivity contribution in [3.8, 4) is 0 Å². The van der Waals surface area contributed by atoms with Gasteiger partial charge in [-0.3, -0.25) is 14.4 Å². The van der Waals surface area contributed by atoms with Gasteiger partial charge in [0, 0.05) is 12.8 Å². The van der Waals surface area contributed by atoms with Gasteiger partial charge in [0.15, 0.2) is 15.4 Å². The Hall–Kier alpha value is -1.81. The molecule has 10 heteroatoms. The van der Waals surface area contributed by atoms with E-state index < -0.39 is 38.1 Å². The number of hydrazone groups is 1. The lowest BCUT2D eigenvalue weighted by atomic mass is 9.91. The fourth-order valence-electron chi connectivity index (χ4n) is 2.73. The Labute approximate surface area is 147 Å². The lowest BCUT2D eigenvalue weighted by Crippen LogP contribution is -2.65. The topological polar surface area (TPSA) is 162 Å². The third kappa shape index (κ3) is 5.08. The van der Waals surface area contributed by atoms with Crippen molar-refractivity contribution in [3.05, 3.63) is 0 Å². The van der Waals surface area contributed by atoms with Crippen LogP contribution in [0.5, 0.6) is 0 Å². The van der Waals surface area contributed by atoms with E-state index >= 15 is 0 Å². The van der Waals surface area contributed by atoms with Crippen LogP contribution in [0, 0.1) is 0 Å². The molecule has 25 heavy (non-hydrogen) atoms. The van der Waals surface area contributed by atoms with Crippen molar-refractivity contribution in [1.29, 1.82) is 0 Å². The van der Waals surface area contributed by atoms with E-state index in [1.54, 1.807) is 0 Å². The zero-order valence-corrected chi connectivity index (χ0v) is 15.4. The van der Waals surface area contributed by atoms with Gasteiger partial charge in [0.1, 0.15) is 5.71 Å². The van der Waals surface area contributed by atoms with E-state index in [0.717, 1.165) is 0 Å². The third-order valence-electron chi connectivity index (χ3n) is 4.17. The number of nitrogens with one attached hydrogen (secondary N) is 1. The van der Waals surface area contributed by atoms with E-state index in [2.05, 4.69) is 10.5 Å². The highest BCUT2D eigenvalue weighted by Gasteiger charge is 2.48. The average molecular weight is 374 g/mol. The second-order valence-electron chi connectivity index (χ2n) is 6.26. The maximum Gasteiger partial charge on any atom is 0.246 e. The molecule has 0 saturated carbocycles. The number of nitrogens with two attached hydrogens (primary N) is 2. The molecule has 0 aliphatic carbocycles.